The number of aromatic amines is 1. The van der Waals surface area contributed by atoms with E-state index in [4.69, 9.17) is 4.74 Å². The minimum Gasteiger partial charge on any atom is -0.391 e. The van der Waals surface area contributed by atoms with Crippen molar-refractivity contribution >= 4 is 5.91 Å². The molecule has 1 unspecified atom stereocenters. The maximum Gasteiger partial charge on any atom is 0.269 e. The summed E-state index contributed by atoms with van der Waals surface area (Å²) in [4.78, 5) is 18.6. The molecule has 0 bridgehead atoms. The second kappa shape index (κ2) is 7.03. The number of aliphatic hydroxyl groups is 1. The van der Waals surface area contributed by atoms with Gasteiger partial charge in [0.1, 0.15) is 11.5 Å². The van der Waals surface area contributed by atoms with Gasteiger partial charge in [-0.25, -0.2) is 4.98 Å². The van der Waals surface area contributed by atoms with Crippen LogP contribution in [0.5, 0.6) is 0 Å². The second-order valence-corrected chi connectivity index (χ2v) is 3.75. The first-order valence-corrected chi connectivity index (χ1v) is 5.66. The number of nitrogens with one attached hydrogen (secondary N) is 2. The summed E-state index contributed by atoms with van der Waals surface area (Å²) in [7, 11) is 1.53. The maximum absolute atomic E-state index is 11.6. The zero-order chi connectivity index (χ0) is 12.7. The van der Waals surface area contributed by atoms with Gasteiger partial charge in [0.25, 0.3) is 5.91 Å². The van der Waals surface area contributed by atoms with Crippen molar-refractivity contribution < 1.29 is 14.6 Å². The summed E-state index contributed by atoms with van der Waals surface area (Å²) in [5.74, 6) is 0.580. The number of nitrogens with zero attached hydrogens (tertiary/aromatic N) is 1. The Balaban J connectivity index is 2.29. The molecule has 1 aromatic rings. The number of aryl methyl sites for hydroxylation is 1. The van der Waals surface area contributed by atoms with Crippen molar-refractivity contribution in [1.82, 2.24) is 15.3 Å². The van der Waals surface area contributed by atoms with Gasteiger partial charge in [0, 0.05) is 20.1 Å². The summed E-state index contributed by atoms with van der Waals surface area (Å²) in [6.45, 7) is 2.64. The smallest absolute Gasteiger partial charge is 0.269 e. The van der Waals surface area contributed by atoms with Gasteiger partial charge < -0.3 is 20.1 Å². The van der Waals surface area contributed by atoms with E-state index in [0.29, 0.717) is 18.7 Å². The van der Waals surface area contributed by atoms with Gasteiger partial charge in [-0.2, -0.15) is 0 Å². The fourth-order valence-electron chi connectivity index (χ4n) is 1.38. The molecular weight excluding hydrogens is 222 g/mol. The van der Waals surface area contributed by atoms with Crippen molar-refractivity contribution in [1.29, 1.82) is 0 Å². The van der Waals surface area contributed by atoms with Crippen molar-refractivity contribution in [3.8, 4) is 0 Å². The molecule has 6 nitrogen and oxygen atoms in total. The van der Waals surface area contributed by atoms with Gasteiger partial charge in [0.05, 0.1) is 18.9 Å². The molecule has 0 aromatic carbocycles. The Labute approximate surface area is 100 Å². The lowest BCUT2D eigenvalue weighted by Crippen LogP contribution is -2.28. The molecule has 0 saturated heterocycles. The van der Waals surface area contributed by atoms with E-state index in [1.54, 1.807) is 0 Å². The van der Waals surface area contributed by atoms with Crippen LogP contribution in [0.1, 0.15) is 29.7 Å². The molecule has 3 N–H and O–H groups in total. The molecule has 0 spiro atoms. The number of ether oxygens (including phenoxy) is 1. The fraction of sp³-hybridized carbons (Fsp3) is 0.636. The highest BCUT2D eigenvalue weighted by molar-refractivity contribution is 5.92. The molecule has 6 heteroatoms. The van der Waals surface area contributed by atoms with E-state index in [9.17, 15) is 9.90 Å². The first-order chi connectivity index (χ1) is 8.17. The molecule has 1 aromatic heterocycles. The van der Waals surface area contributed by atoms with Crippen molar-refractivity contribution in [3.05, 3.63) is 17.7 Å². The number of hydrogen-bond acceptors (Lipinski definition) is 4. The number of aliphatic hydroxyl groups excluding tert-OH is 1. The average molecular weight is 241 g/mol. The molecule has 1 rings (SSSR count). The largest absolute Gasteiger partial charge is 0.391 e. The number of carbonyl (C=O) groups is 1. The molecule has 0 fully saturated rings. The highest BCUT2D eigenvalue weighted by Gasteiger charge is 2.09. The lowest BCUT2D eigenvalue weighted by atomic mass is 10.2. The molecule has 1 heterocycles. The molecule has 0 aliphatic heterocycles. The third-order valence-electron chi connectivity index (χ3n) is 2.33. The molecule has 96 valence electrons. The summed E-state index contributed by atoms with van der Waals surface area (Å²) in [6, 6.07) is 0. The maximum atomic E-state index is 11.6. The van der Waals surface area contributed by atoms with Gasteiger partial charge in [-0.15, -0.1) is 0 Å². The van der Waals surface area contributed by atoms with Gasteiger partial charge in [0.15, 0.2) is 0 Å². The predicted molar refractivity (Wildman–Crippen MR) is 62.8 cm³/mol. The van der Waals surface area contributed by atoms with Crippen LogP contribution in [0.15, 0.2) is 6.20 Å². The number of amides is 1. The van der Waals surface area contributed by atoms with Gasteiger partial charge in [-0.3, -0.25) is 4.79 Å². The van der Waals surface area contributed by atoms with E-state index in [1.807, 2.05) is 6.92 Å². The number of hydrogen-bond donors (Lipinski definition) is 3. The number of imidazole rings is 1. The van der Waals surface area contributed by atoms with Crippen LogP contribution in [0.2, 0.25) is 0 Å². The van der Waals surface area contributed by atoms with Crippen LogP contribution in [-0.2, 0) is 11.2 Å². The molecule has 0 aliphatic carbocycles. The highest BCUT2D eigenvalue weighted by atomic mass is 16.5. The van der Waals surface area contributed by atoms with E-state index in [2.05, 4.69) is 15.3 Å². The van der Waals surface area contributed by atoms with E-state index in [-0.39, 0.29) is 12.5 Å². The minimum atomic E-state index is -0.548. The number of methoxy groups -OCH3 is 1. The van der Waals surface area contributed by atoms with Crippen LogP contribution >= 0.6 is 0 Å². The number of rotatable bonds is 7. The van der Waals surface area contributed by atoms with E-state index in [1.165, 1.54) is 13.3 Å². The highest BCUT2D eigenvalue weighted by Crippen LogP contribution is 1.98. The SMILES string of the molecule is CCc1ncc(C(=O)NCCC(O)COC)[nH]1. The van der Waals surface area contributed by atoms with Crippen LogP contribution in [0.25, 0.3) is 0 Å². The minimum absolute atomic E-state index is 0.207. The van der Waals surface area contributed by atoms with Gasteiger partial charge in [0.2, 0.25) is 0 Å². The lowest BCUT2D eigenvalue weighted by molar-refractivity contribution is 0.0587. The third kappa shape index (κ3) is 4.54. The molecule has 0 saturated carbocycles. The summed E-state index contributed by atoms with van der Waals surface area (Å²) in [5, 5.41) is 12.1. The van der Waals surface area contributed by atoms with Crippen molar-refractivity contribution in [3.63, 3.8) is 0 Å². The average Bonchev–Trinajstić information content (AvgIpc) is 2.77. The first-order valence-electron chi connectivity index (χ1n) is 5.66. The Morgan fingerprint density at radius 3 is 3.06 bits per heavy atom. The van der Waals surface area contributed by atoms with Gasteiger partial charge >= 0.3 is 0 Å². The standard InChI is InChI=1S/C11H19N3O3/c1-3-10-13-6-9(14-10)11(16)12-5-4-8(15)7-17-2/h6,8,15H,3-5,7H2,1-2H3,(H,12,16)(H,13,14). The summed E-state index contributed by atoms with van der Waals surface area (Å²) >= 11 is 0. The molecule has 1 amide bonds. The van der Waals surface area contributed by atoms with Crippen LogP contribution in [-0.4, -0.2) is 47.3 Å². The van der Waals surface area contributed by atoms with Gasteiger partial charge in [-0.1, -0.05) is 6.92 Å². The topological polar surface area (TPSA) is 87.2 Å². The Hall–Kier alpha value is -1.40. The van der Waals surface area contributed by atoms with E-state index >= 15 is 0 Å². The summed E-state index contributed by atoms with van der Waals surface area (Å²) in [5.41, 5.74) is 0.447. The van der Waals surface area contributed by atoms with Crippen molar-refractivity contribution in [2.45, 2.75) is 25.9 Å². The lowest BCUT2D eigenvalue weighted by Gasteiger charge is -2.09. The van der Waals surface area contributed by atoms with Gasteiger partial charge in [-0.05, 0) is 6.42 Å². The Kier molecular flexibility index (Phi) is 5.65. The number of H-pyrrole nitrogens is 1. The monoisotopic (exact) mass is 241 g/mol. The third-order valence-corrected chi connectivity index (χ3v) is 2.33. The van der Waals surface area contributed by atoms with Crippen molar-refractivity contribution in [2.75, 3.05) is 20.3 Å². The van der Waals surface area contributed by atoms with Crippen LogP contribution < -0.4 is 5.32 Å². The molecule has 17 heavy (non-hydrogen) atoms. The summed E-state index contributed by atoms with van der Waals surface area (Å²) in [6.07, 6.45) is 2.20. The summed E-state index contributed by atoms with van der Waals surface area (Å²) < 4.78 is 4.78. The zero-order valence-corrected chi connectivity index (χ0v) is 10.2. The predicted octanol–water partition coefficient (Wildman–Crippen LogP) is 0.0993. The van der Waals surface area contributed by atoms with E-state index < -0.39 is 6.10 Å². The normalized spacial score (nSPS) is 12.4. The Morgan fingerprint density at radius 2 is 2.47 bits per heavy atom. The zero-order valence-electron chi connectivity index (χ0n) is 10.2. The Bertz CT molecular complexity index is 351. The molecular formula is C11H19N3O3. The molecule has 0 aliphatic rings. The van der Waals surface area contributed by atoms with Crippen LogP contribution in [0.4, 0.5) is 0 Å². The second-order valence-electron chi connectivity index (χ2n) is 3.75. The number of carbonyl (C=O) groups excluding carboxylic acids is 1. The van der Waals surface area contributed by atoms with Crippen LogP contribution in [0, 0.1) is 0 Å². The molecule has 0 radical (unpaired) electrons. The molecule has 1 atom stereocenters. The van der Waals surface area contributed by atoms with E-state index in [0.717, 1.165) is 12.2 Å². The van der Waals surface area contributed by atoms with Crippen molar-refractivity contribution in [2.24, 2.45) is 0 Å². The quantitative estimate of drug-likeness (QED) is 0.632. The van der Waals surface area contributed by atoms with Crippen LogP contribution in [0.3, 0.4) is 0 Å². The first kappa shape index (κ1) is 13.7. The fourth-order valence-corrected chi connectivity index (χ4v) is 1.38. The number of aromatic nitrogens is 2. The Morgan fingerprint density at radius 1 is 1.71 bits per heavy atom.